The van der Waals surface area contributed by atoms with E-state index in [2.05, 4.69) is 10.1 Å². The van der Waals surface area contributed by atoms with E-state index in [1.807, 2.05) is 0 Å². The van der Waals surface area contributed by atoms with E-state index in [1.165, 1.54) is 30.8 Å². The van der Waals surface area contributed by atoms with Gasteiger partial charge in [0.2, 0.25) is 0 Å². The Morgan fingerprint density at radius 1 is 1.45 bits per heavy atom. The van der Waals surface area contributed by atoms with Gasteiger partial charge in [-0.3, -0.25) is 19.4 Å². The average Bonchev–Trinajstić information content (AvgIpc) is 2.37. The molecule has 0 saturated heterocycles. The van der Waals surface area contributed by atoms with Crippen molar-refractivity contribution in [1.29, 1.82) is 0 Å². The number of aryl methyl sites for hydroxylation is 1. The molecule has 0 amide bonds. The second-order valence-electron chi connectivity index (χ2n) is 4.17. The van der Waals surface area contributed by atoms with Crippen LogP contribution in [0.2, 0.25) is 0 Å². The molecule has 106 valence electrons. The molecule has 0 spiro atoms. The molecule has 0 fully saturated rings. The monoisotopic (exact) mass is 297 g/mol. The molecule has 8 heteroatoms. The van der Waals surface area contributed by atoms with Crippen molar-refractivity contribution in [3.05, 3.63) is 50.3 Å². The number of benzene rings is 1. The number of nitrogens with zero attached hydrogens (tertiary/aromatic N) is 2. The van der Waals surface area contributed by atoms with Crippen LogP contribution in [-0.2, 0) is 7.05 Å². The molecule has 1 heterocycles. The van der Waals surface area contributed by atoms with Crippen LogP contribution in [0.5, 0.6) is 0 Å². The molecule has 2 aromatic rings. The van der Waals surface area contributed by atoms with Crippen molar-refractivity contribution in [3.63, 3.8) is 0 Å². The van der Waals surface area contributed by atoms with Gasteiger partial charge in [0.25, 0.3) is 0 Å². The van der Waals surface area contributed by atoms with Gasteiger partial charge in [0.1, 0.15) is 5.82 Å². The van der Waals surface area contributed by atoms with E-state index in [-0.39, 0.29) is 10.1 Å². The van der Waals surface area contributed by atoms with E-state index in [0.29, 0.717) is 5.56 Å². The van der Waals surface area contributed by atoms with Gasteiger partial charge in [0.15, 0.2) is 5.16 Å². The Bertz CT molecular complexity index is 754. The SMILES string of the molecule is C[C@H](O)c1ccc(Sc2nc(=O)c(=O)[nH]n2C)c(F)c1. The van der Waals surface area contributed by atoms with Gasteiger partial charge in [0, 0.05) is 7.05 Å². The summed E-state index contributed by atoms with van der Waals surface area (Å²) >= 11 is 0.909. The highest BCUT2D eigenvalue weighted by Gasteiger charge is 2.11. The summed E-state index contributed by atoms with van der Waals surface area (Å²) in [7, 11) is 1.50. The van der Waals surface area contributed by atoms with Gasteiger partial charge in [-0.2, -0.15) is 4.98 Å². The molecule has 2 rings (SSSR count). The highest BCUT2D eigenvalue weighted by molar-refractivity contribution is 7.99. The Hall–Kier alpha value is -1.93. The van der Waals surface area contributed by atoms with Gasteiger partial charge in [-0.25, -0.2) is 4.39 Å². The lowest BCUT2D eigenvalue weighted by molar-refractivity contribution is 0.198. The van der Waals surface area contributed by atoms with Crippen molar-refractivity contribution in [2.75, 3.05) is 0 Å². The lowest BCUT2D eigenvalue weighted by atomic mass is 10.1. The van der Waals surface area contributed by atoms with E-state index < -0.39 is 23.0 Å². The third-order valence-corrected chi connectivity index (χ3v) is 3.69. The van der Waals surface area contributed by atoms with Gasteiger partial charge in [-0.15, -0.1) is 0 Å². The van der Waals surface area contributed by atoms with Crippen molar-refractivity contribution in [1.82, 2.24) is 14.8 Å². The quantitative estimate of drug-likeness (QED) is 0.819. The van der Waals surface area contributed by atoms with Gasteiger partial charge >= 0.3 is 11.1 Å². The Kier molecular flexibility index (Phi) is 4.05. The minimum atomic E-state index is -0.924. The first-order valence-electron chi connectivity index (χ1n) is 5.71. The molecule has 2 N–H and O–H groups in total. The van der Waals surface area contributed by atoms with Crippen LogP contribution < -0.4 is 11.1 Å². The van der Waals surface area contributed by atoms with Crippen molar-refractivity contribution in [2.24, 2.45) is 7.05 Å². The molecule has 6 nitrogen and oxygen atoms in total. The van der Waals surface area contributed by atoms with Crippen LogP contribution >= 0.6 is 11.8 Å². The van der Waals surface area contributed by atoms with Crippen molar-refractivity contribution in [2.45, 2.75) is 23.1 Å². The van der Waals surface area contributed by atoms with Crippen LogP contribution in [0, 0.1) is 5.82 Å². The molecule has 1 aromatic carbocycles. The molecule has 0 aliphatic carbocycles. The highest BCUT2D eigenvalue weighted by Crippen LogP contribution is 2.28. The second kappa shape index (κ2) is 5.59. The van der Waals surface area contributed by atoms with Crippen LogP contribution in [0.3, 0.4) is 0 Å². The molecule has 0 aliphatic rings. The summed E-state index contributed by atoms with van der Waals surface area (Å²) in [6.45, 7) is 1.54. The molecule has 0 unspecified atom stereocenters. The third kappa shape index (κ3) is 2.97. The second-order valence-corrected chi connectivity index (χ2v) is 5.18. The van der Waals surface area contributed by atoms with Crippen LogP contribution in [0.15, 0.2) is 37.8 Å². The zero-order valence-electron chi connectivity index (χ0n) is 10.8. The third-order valence-electron chi connectivity index (χ3n) is 2.59. The van der Waals surface area contributed by atoms with Crippen molar-refractivity contribution < 1.29 is 9.50 Å². The first-order chi connectivity index (χ1) is 9.38. The Balaban J connectivity index is 2.38. The minimum absolute atomic E-state index is 0.165. The number of hydrogen-bond donors (Lipinski definition) is 2. The topological polar surface area (TPSA) is 88.0 Å². The summed E-state index contributed by atoms with van der Waals surface area (Å²) < 4.78 is 15.1. The molecular weight excluding hydrogens is 285 g/mol. The lowest BCUT2D eigenvalue weighted by Gasteiger charge is -2.09. The Morgan fingerprint density at radius 3 is 2.75 bits per heavy atom. The predicted octanol–water partition coefficient (Wildman–Crippen LogP) is 0.812. The van der Waals surface area contributed by atoms with Crippen molar-refractivity contribution in [3.8, 4) is 0 Å². The molecule has 0 bridgehead atoms. The van der Waals surface area contributed by atoms with E-state index in [9.17, 15) is 19.1 Å². The highest BCUT2D eigenvalue weighted by atomic mass is 32.2. The maximum Gasteiger partial charge on any atom is 0.339 e. The predicted molar refractivity (Wildman–Crippen MR) is 71.3 cm³/mol. The molecular formula is C12H12FN3O3S. The molecule has 0 aliphatic heterocycles. The number of rotatable bonds is 3. The number of aromatic nitrogens is 3. The summed E-state index contributed by atoms with van der Waals surface area (Å²) in [6.07, 6.45) is -0.765. The van der Waals surface area contributed by atoms with Crippen molar-refractivity contribution >= 4 is 11.8 Å². The normalized spacial score (nSPS) is 12.4. The van der Waals surface area contributed by atoms with E-state index in [0.717, 1.165) is 11.8 Å². The van der Waals surface area contributed by atoms with Gasteiger partial charge < -0.3 is 5.11 Å². The van der Waals surface area contributed by atoms with Gasteiger partial charge in [0.05, 0.1) is 11.0 Å². The maximum atomic E-state index is 13.9. The molecule has 20 heavy (non-hydrogen) atoms. The van der Waals surface area contributed by atoms with Crippen LogP contribution in [0.4, 0.5) is 4.39 Å². The number of aliphatic hydroxyl groups is 1. The molecule has 1 aromatic heterocycles. The number of halogens is 1. The zero-order chi connectivity index (χ0) is 14.9. The first kappa shape index (κ1) is 14.5. The standard InChI is InChI=1S/C12H12FN3O3S/c1-6(17)7-3-4-9(8(13)5-7)20-12-14-10(18)11(19)15-16(12)2/h3-6,17H,1-2H3,(H,15,19)/t6-/m0/s1. The molecule has 0 saturated carbocycles. The Morgan fingerprint density at radius 2 is 2.15 bits per heavy atom. The summed E-state index contributed by atoms with van der Waals surface area (Å²) in [5, 5.41) is 11.8. The minimum Gasteiger partial charge on any atom is -0.389 e. The van der Waals surface area contributed by atoms with Gasteiger partial charge in [-0.05, 0) is 36.4 Å². The Labute approximate surface area is 117 Å². The zero-order valence-corrected chi connectivity index (χ0v) is 11.6. The summed E-state index contributed by atoms with van der Waals surface area (Å²) in [4.78, 5) is 26.1. The maximum absolute atomic E-state index is 13.9. The molecule has 1 atom stereocenters. The van der Waals surface area contributed by atoms with E-state index in [4.69, 9.17) is 0 Å². The number of hydrogen-bond acceptors (Lipinski definition) is 5. The number of aromatic amines is 1. The summed E-state index contributed by atoms with van der Waals surface area (Å²) in [5.41, 5.74) is -1.30. The first-order valence-corrected chi connectivity index (χ1v) is 6.53. The van der Waals surface area contributed by atoms with Crippen LogP contribution in [0.25, 0.3) is 0 Å². The fourth-order valence-corrected chi connectivity index (χ4v) is 2.31. The number of nitrogens with one attached hydrogen (secondary N) is 1. The number of aliphatic hydroxyl groups excluding tert-OH is 1. The van der Waals surface area contributed by atoms with Gasteiger partial charge in [-0.1, -0.05) is 6.07 Å². The average molecular weight is 297 g/mol. The fraction of sp³-hybridized carbons (Fsp3) is 0.250. The summed E-state index contributed by atoms with van der Waals surface area (Å²) in [6, 6.07) is 4.29. The molecule has 0 radical (unpaired) electrons. The largest absolute Gasteiger partial charge is 0.389 e. The lowest BCUT2D eigenvalue weighted by Crippen LogP contribution is -2.33. The van der Waals surface area contributed by atoms with Crippen LogP contribution in [0.1, 0.15) is 18.6 Å². The van der Waals surface area contributed by atoms with Crippen LogP contribution in [-0.4, -0.2) is 19.9 Å². The number of H-pyrrole nitrogens is 1. The summed E-state index contributed by atoms with van der Waals surface area (Å²) in [5.74, 6) is -0.533. The van der Waals surface area contributed by atoms with E-state index in [1.54, 1.807) is 6.07 Å². The fourth-order valence-electron chi connectivity index (χ4n) is 1.51. The van der Waals surface area contributed by atoms with E-state index >= 15 is 0 Å². The smallest absolute Gasteiger partial charge is 0.339 e.